The maximum Gasteiger partial charge on any atom is 0.0476 e. The van der Waals surface area contributed by atoms with E-state index in [-0.39, 0.29) is 0 Å². The van der Waals surface area contributed by atoms with Crippen LogP contribution in [-0.2, 0) is 0 Å². The molecule has 17 heavy (non-hydrogen) atoms. The summed E-state index contributed by atoms with van der Waals surface area (Å²) in [5, 5.41) is 0. The fraction of sp³-hybridized carbons (Fsp3) is 0.571. The van der Waals surface area contributed by atoms with Crippen molar-refractivity contribution in [3.63, 3.8) is 0 Å². The van der Waals surface area contributed by atoms with E-state index in [2.05, 4.69) is 47.1 Å². The van der Waals surface area contributed by atoms with Gasteiger partial charge in [0, 0.05) is 38.8 Å². The molecule has 2 rings (SSSR count). The van der Waals surface area contributed by atoms with Crippen molar-refractivity contribution in [1.82, 2.24) is 9.80 Å². The van der Waals surface area contributed by atoms with Gasteiger partial charge in [0.2, 0.25) is 0 Å². The first kappa shape index (κ1) is 12.6. The number of benzene rings is 1. The molecule has 3 nitrogen and oxygen atoms in total. The van der Waals surface area contributed by atoms with Gasteiger partial charge < -0.3 is 10.6 Å². The number of rotatable bonds is 4. The minimum atomic E-state index is 0.508. The Bertz CT molecular complexity index is 325. The van der Waals surface area contributed by atoms with E-state index >= 15 is 0 Å². The summed E-state index contributed by atoms with van der Waals surface area (Å²) in [6, 6.07) is 11.3. The van der Waals surface area contributed by atoms with E-state index in [4.69, 9.17) is 5.73 Å². The van der Waals surface area contributed by atoms with E-state index in [0.717, 1.165) is 32.7 Å². The van der Waals surface area contributed by atoms with Crippen LogP contribution >= 0.6 is 0 Å². The third-order valence-corrected chi connectivity index (χ3v) is 3.62. The quantitative estimate of drug-likeness (QED) is 0.851. The third kappa shape index (κ3) is 3.06. The average molecular weight is 233 g/mol. The van der Waals surface area contributed by atoms with Gasteiger partial charge in [0.05, 0.1) is 0 Å². The van der Waals surface area contributed by atoms with Crippen LogP contribution in [0.4, 0.5) is 0 Å². The number of hydrogen-bond acceptors (Lipinski definition) is 3. The predicted octanol–water partition coefficient (Wildman–Crippen LogP) is 1.32. The van der Waals surface area contributed by atoms with Crippen molar-refractivity contribution in [1.29, 1.82) is 0 Å². The molecule has 0 aliphatic carbocycles. The molecule has 0 aromatic heterocycles. The molecule has 1 atom stereocenters. The molecule has 1 aromatic carbocycles. The van der Waals surface area contributed by atoms with E-state index in [1.165, 1.54) is 12.1 Å². The zero-order valence-electron chi connectivity index (χ0n) is 10.7. The molecule has 1 saturated heterocycles. The smallest absolute Gasteiger partial charge is 0.0476 e. The highest BCUT2D eigenvalue weighted by Crippen LogP contribution is 2.24. The van der Waals surface area contributed by atoms with Gasteiger partial charge in [-0.25, -0.2) is 0 Å². The molecule has 1 heterocycles. The fourth-order valence-corrected chi connectivity index (χ4v) is 2.59. The summed E-state index contributed by atoms with van der Waals surface area (Å²) in [4.78, 5) is 5.03. The van der Waals surface area contributed by atoms with Crippen molar-refractivity contribution in [3.8, 4) is 0 Å². The van der Waals surface area contributed by atoms with Crippen LogP contribution in [0.3, 0.4) is 0 Å². The van der Waals surface area contributed by atoms with Gasteiger partial charge in [-0.15, -0.1) is 0 Å². The van der Waals surface area contributed by atoms with Crippen molar-refractivity contribution in [2.24, 2.45) is 5.73 Å². The molecule has 0 radical (unpaired) electrons. The lowest BCUT2D eigenvalue weighted by Gasteiger charge is -2.41. The molecule has 0 amide bonds. The first-order valence-corrected chi connectivity index (χ1v) is 6.56. The van der Waals surface area contributed by atoms with Gasteiger partial charge in [-0.2, -0.15) is 0 Å². The van der Waals surface area contributed by atoms with Crippen LogP contribution in [0, 0.1) is 0 Å². The van der Waals surface area contributed by atoms with E-state index in [1.807, 2.05) is 0 Å². The van der Waals surface area contributed by atoms with Crippen LogP contribution in [0.25, 0.3) is 0 Å². The normalized spacial score (nSPS) is 22.8. The minimum Gasteiger partial charge on any atom is -0.329 e. The molecular formula is C14H23N3. The van der Waals surface area contributed by atoms with E-state index < -0.39 is 0 Å². The molecule has 0 spiro atoms. The number of likely N-dealkylation sites (N-methyl/N-ethyl adjacent to an activating group) is 1. The zero-order valence-corrected chi connectivity index (χ0v) is 10.7. The largest absolute Gasteiger partial charge is 0.329 e. The minimum absolute atomic E-state index is 0.508. The predicted molar refractivity (Wildman–Crippen MR) is 71.9 cm³/mol. The van der Waals surface area contributed by atoms with Crippen LogP contribution in [0.15, 0.2) is 30.3 Å². The highest BCUT2D eigenvalue weighted by atomic mass is 15.3. The molecule has 2 N–H and O–H groups in total. The van der Waals surface area contributed by atoms with Gasteiger partial charge in [-0.3, -0.25) is 4.90 Å². The molecule has 1 unspecified atom stereocenters. The lowest BCUT2D eigenvalue weighted by Crippen LogP contribution is -2.49. The number of hydrogen-bond donors (Lipinski definition) is 1. The maximum absolute atomic E-state index is 5.71. The topological polar surface area (TPSA) is 32.5 Å². The van der Waals surface area contributed by atoms with Crippen LogP contribution in [0.5, 0.6) is 0 Å². The highest BCUT2D eigenvalue weighted by Gasteiger charge is 2.26. The lowest BCUT2D eigenvalue weighted by molar-refractivity contribution is 0.0800. The second-order valence-corrected chi connectivity index (χ2v) is 4.64. The summed E-state index contributed by atoms with van der Waals surface area (Å²) in [6.45, 7) is 8.54. The van der Waals surface area contributed by atoms with Crippen molar-refractivity contribution in [2.75, 3.05) is 39.3 Å². The van der Waals surface area contributed by atoms with Crippen LogP contribution in [-0.4, -0.2) is 49.1 Å². The Hall–Kier alpha value is -0.900. The van der Waals surface area contributed by atoms with Crippen molar-refractivity contribution >= 4 is 0 Å². The molecule has 1 fully saturated rings. The Kier molecular flexibility index (Phi) is 4.54. The number of piperazine rings is 1. The molecule has 0 saturated carbocycles. The van der Waals surface area contributed by atoms with Gasteiger partial charge in [0.15, 0.2) is 0 Å². The molecule has 1 aromatic rings. The van der Waals surface area contributed by atoms with E-state index in [0.29, 0.717) is 6.04 Å². The second kappa shape index (κ2) is 6.15. The first-order chi connectivity index (χ1) is 8.35. The summed E-state index contributed by atoms with van der Waals surface area (Å²) < 4.78 is 0. The highest BCUT2D eigenvalue weighted by molar-refractivity contribution is 5.20. The van der Waals surface area contributed by atoms with Gasteiger partial charge in [0.1, 0.15) is 0 Å². The summed E-state index contributed by atoms with van der Waals surface area (Å²) in [7, 11) is 0. The van der Waals surface area contributed by atoms with Gasteiger partial charge >= 0.3 is 0 Å². The molecule has 0 bridgehead atoms. The SMILES string of the molecule is CCN1CCN(CCN)C(c2ccccc2)C1. The van der Waals surface area contributed by atoms with Crippen molar-refractivity contribution < 1.29 is 0 Å². The van der Waals surface area contributed by atoms with Crippen molar-refractivity contribution in [3.05, 3.63) is 35.9 Å². The summed E-state index contributed by atoms with van der Waals surface area (Å²) in [6.07, 6.45) is 0. The number of nitrogens with two attached hydrogens (primary N) is 1. The maximum atomic E-state index is 5.71. The summed E-state index contributed by atoms with van der Waals surface area (Å²) >= 11 is 0. The Labute approximate surface area is 104 Å². The second-order valence-electron chi connectivity index (χ2n) is 4.64. The lowest BCUT2D eigenvalue weighted by atomic mass is 10.0. The Morgan fingerprint density at radius 1 is 1.24 bits per heavy atom. The number of nitrogens with zero attached hydrogens (tertiary/aromatic N) is 2. The first-order valence-electron chi connectivity index (χ1n) is 6.56. The Morgan fingerprint density at radius 3 is 2.65 bits per heavy atom. The van der Waals surface area contributed by atoms with Crippen LogP contribution in [0.1, 0.15) is 18.5 Å². The standard InChI is InChI=1S/C14H23N3/c1-2-16-10-11-17(9-8-15)14(12-16)13-6-4-3-5-7-13/h3-7,14H,2,8-12,15H2,1H3. The molecule has 1 aliphatic rings. The molecular weight excluding hydrogens is 210 g/mol. The fourth-order valence-electron chi connectivity index (χ4n) is 2.59. The van der Waals surface area contributed by atoms with E-state index in [1.54, 1.807) is 0 Å². The van der Waals surface area contributed by atoms with Gasteiger partial charge in [0.25, 0.3) is 0 Å². The molecule has 3 heteroatoms. The monoisotopic (exact) mass is 233 g/mol. The van der Waals surface area contributed by atoms with E-state index in [9.17, 15) is 0 Å². The molecule has 1 aliphatic heterocycles. The van der Waals surface area contributed by atoms with Crippen molar-refractivity contribution in [2.45, 2.75) is 13.0 Å². The van der Waals surface area contributed by atoms with Crippen LogP contribution < -0.4 is 5.73 Å². The zero-order chi connectivity index (χ0) is 12.1. The van der Waals surface area contributed by atoms with Gasteiger partial charge in [-0.05, 0) is 12.1 Å². The Morgan fingerprint density at radius 2 is 2.00 bits per heavy atom. The molecule has 94 valence electrons. The Balaban J connectivity index is 2.13. The van der Waals surface area contributed by atoms with Gasteiger partial charge in [-0.1, -0.05) is 37.3 Å². The third-order valence-electron chi connectivity index (χ3n) is 3.62. The summed E-state index contributed by atoms with van der Waals surface area (Å²) in [5.74, 6) is 0. The van der Waals surface area contributed by atoms with Crippen LogP contribution in [0.2, 0.25) is 0 Å². The summed E-state index contributed by atoms with van der Waals surface area (Å²) in [5.41, 5.74) is 7.13. The average Bonchev–Trinajstić information content (AvgIpc) is 2.40.